The fourth-order valence-electron chi connectivity index (χ4n) is 4.42. The SMILES string of the molecule is CCCCOc1ccc(C2=CC3CCCC(C2)N3C(=O)OCc2ccccc2)cc1. The van der Waals surface area contributed by atoms with E-state index in [1.807, 2.05) is 35.2 Å². The first-order chi connectivity index (χ1) is 14.7. The average Bonchev–Trinajstić information content (AvgIpc) is 2.78. The van der Waals surface area contributed by atoms with E-state index in [-0.39, 0.29) is 18.2 Å². The number of amides is 1. The van der Waals surface area contributed by atoms with Crippen LogP contribution in [0.25, 0.3) is 5.57 Å². The largest absolute Gasteiger partial charge is 0.494 e. The third-order valence-electron chi connectivity index (χ3n) is 6.04. The quantitative estimate of drug-likeness (QED) is 0.514. The molecule has 0 saturated carbocycles. The summed E-state index contributed by atoms with van der Waals surface area (Å²) in [5.41, 5.74) is 3.58. The molecule has 4 rings (SSSR count). The van der Waals surface area contributed by atoms with Crippen molar-refractivity contribution in [2.24, 2.45) is 0 Å². The van der Waals surface area contributed by atoms with E-state index in [1.165, 1.54) is 11.1 Å². The van der Waals surface area contributed by atoms with Gasteiger partial charge in [-0.1, -0.05) is 61.9 Å². The van der Waals surface area contributed by atoms with E-state index in [0.717, 1.165) is 56.4 Å². The molecule has 4 heteroatoms. The van der Waals surface area contributed by atoms with Gasteiger partial charge in [0.25, 0.3) is 0 Å². The molecule has 2 aromatic carbocycles. The second-order valence-corrected chi connectivity index (χ2v) is 8.22. The molecule has 2 bridgehead atoms. The van der Waals surface area contributed by atoms with Crippen LogP contribution in [0.15, 0.2) is 60.7 Å². The first kappa shape index (κ1) is 20.5. The van der Waals surface area contributed by atoms with Gasteiger partial charge in [-0.3, -0.25) is 4.90 Å². The van der Waals surface area contributed by atoms with Gasteiger partial charge in [-0.2, -0.15) is 0 Å². The Kier molecular flexibility index (Phi) is 6.73. The van der Waals surface area contributed by atoms with Crippen molar-refractivity contribution in [3.05, 3.63) is 71.8 Å². The molecule has 1 amide bonds. The van der Waals surface area contributed by atoms with Crippen molar-refractivity contribution in [3.8, 4) is 5.75 Å². The lowest BCUT2D eigenvalue weighted by Crippen LogP contribution is -2.51. The Hall–Kier alpha value is -2.75. The van der Waals surface area contributed by atoms with E-state index in [4.69, 9.17) is 9.47 Å². The van der Waals surface area contributed by atoms with Gasteiger partial charge in [-0.05, 0) is 60.9 Å². The van der Waals surface area contributed by atoms with Gasteiger partial charge in [0.1, 0.15) is 12.4 Å². The van der Waals surface area contributed by atoms with E-state index < -0.39 is 0 Å². The highest BCUT2D eigenvalue weighted by molar-refractivity contribution is 5.74. The smallest absolute Gasteiger partial charge is 0.410 e. The van der Waals surface area contributed by atoms with Gasteiger partial charge in [-0.15, -0.1) is 0 Å². The van der Waals surface area contributed by atoms with Gasteiger partial charge in [-0.25, -0.2) is 4.79 Å². The summed E-state index contributed by atoms with van der Waals surface area (Å²) in [5.74, 6) is 0.926. The average molecular weight is 406 g/mol. The molecule has 0 radical (unpaired) electrons. The van der Waals surface area contributed by atoms with Crippen LogP contribution >= 0.6 is 0 Å². The van der Waals surface area contributed by atoms with E-state index in [0.29, 0.717) is 6.61 Å². The Morgan fingerprint density at radius 1 is 1.07 bits per heavy atom. The van der Waals surface area contributed by atoms with Crippen LogP contribution < -0.4 is 4.74 Å². The van der Waals surface area contributed by atoms with Crippen molar-refractivity contribution in [3.63, 3.8) is 0 Å². The number of carbonyl (C=O) groups excluding carboxylic acids is 1. The normalized spacial score (nSPS) is 20.4. The number of carbonyl (C=O) groups is 1. The monoisotopic (exact) mass is 405 g/mol. The zero-order valence-corrected chi connectivity index (χ0v) is 17.8. The number of ether oxygens (including phenoxy) is 2. The van der Waals surface area contributed by atoms with E-state index in [1.54, 1.807) is 0 Å². The summed E-state index contributed by atoms with van der Waals surface area (Å²) in [6.07, 6.45) is 8.37. The predicted octanol–water partition coefficient (Wildman–Crippen LogP) is 6.21. The molecule has 1 saturated heterocycles. The number of hydrogen-bond acceptors (Lipinski definition) is 3. The van der Waals surface area contributed by atoms with Gasteiger partial charge in [0, 0.05) is 6.04 Å². The van der Waals surface area contributed by atoms with Crippen LogP contribution in [0.4, 0.5) is 4.79 Å². The highest BCUT2D eigenvalue weighted by Crippen LogP contribution is 2.37. The third kappa shape index (κ3) is 4.86. The number of unbranched alkanes of at least 4 members (excludes halogenated alkanes) is 1. The Morgan fingerprint density at radius 2 is 1.87 bits per heavy atom. The molecule has 2 atom stereocenters. The lowest BCUT2D eigenvalue weighted by molar-refractivity contribution is 0.0510. The van der Waals surface area contributed by atoms with Crippen LogP contribution in [0, 0.1) is 0 Å². The van der Waals surface area contributed by atoms with Crippen molar-refractivity contribution < 1.29 is 14.3 Å². The lowest BCUT2D eigenvalue weighted by atomic mass is 9.83. The topological polar surface area (TPSA) is 38.8 Å². The highest BCUT2D eigenvalue weighted by atomic mass is 16.6. The number of nitrogens with zero attached hydrogens (tertiary/aromatic N) is 1. The first-order valence-electron chi connectivity index (χ1n) is 11.2. The van der Waals surface area contributed by atoms with Crippen LogP contribution in [0.2, 0.25) is 0 Å². The maximum Gasteiger partial charge on any atom is 0.410 e. The Morgan fingerprint density at radius 3 is 2.60 bits per heavy atom. The maximum atomic E-state index is 12.9. The minimum atomic E-state index is -0.191. The maximum absolute atomic E-state index is 12.9. The van der Waals surface area contributed by atoms with Crippen LogP contribution in [0.5, 0.6) is 5.75 Å². The highest BCUT2D eigenvalue weighted by Gasteiger charge is 2.38. The second-order valence-electron chi connectivity index (χ2n) is 8.22. The summed E-state index contributed by atoms with van der Waals surface area (Å²) in [7, 11) is 0. The number of benzene rings is 2. The van der Waals surface area contributed by atoms with Crippen molar-refractivity contribution in [2.45, 2.75) is 64.1 Å². The van der Waals surface area contributed by atoms with Gasteiger partial charge in [0.15, 0.2) is 0 Å². The number of fused-ring (bicyclic) bond motifs is 2. The molecule has 2 heterocycles. The molecule has 0 N–H and O–H groups in total. The Labute approximate surface area is 179 Å². The number of piperidine rings is 1. The Balaban J connectivity index is 1.42. The molecule has 2 aliphatic heterocycles. The van der Waals surface area contributed by atoms with Gasteiger partial charge in [0.2, 0.25) is 0 Å². The molecule has 30 heavy (non-hydrogen) atoms. The molecule has 0 aromatic heterocycles. The zero-order valence-electron chi connectivity index (χ0n) is 17.8. The van der Waals surface area contributed by atoms with Gasteiger partial charge >= 0.3 is 6.09 Å². The second kappa shape index (κ2) is 9.84. The fourth-order valence-corrected chi connectivity index (χ4v) is 4.42. The standard InChI is InChI=1S/C26H31NO3/c1-2-3-16-29-25-14-12-21(13-15-25)22-17-23-10-7-11-24(18-22)27(23)26(28)30-19-20-8-5-4-6-9-20/h4-6,8-9,12-15,17,23-24H,2-3,7,10-11,16,18-19H2,1H3. The number of rotatable bonds is 7. The van der Waals surface area contributed by atoms with E-state index in [9.17, 15) is 4.79 Å². The van der Waals surface area contributed by atoms with Crippen LogP contribution in [0.1, 0.15) is 56.6 Å². The fraction of sp³-hybridized carbons (Fsp3) is 0.423. The molecule has 2 aromatic rings. The molecule has 2 aliphatic rings. The zero-order chi connectivity index (χ0) is 20.8. The molecule has 1 fully saturated rings. The van der Waals surface area contributed by atoms with Gasteiger partial charge in [0.05, 0.1) is 12.6 Å². The summed E-state index contributed by atoms with van der Waals surface area (Å²) < 4.78 is 11.4. The first-order valence-corrected chi connectivity index (χ1v) is 11.2. The van der Waals surface area contributed by atoms with Crippen LogP contribution in [-0.4, -0.2) is 29.7 Å². The van der Waals surface area contributed by atoms with Crippen LogP contribution in [-0.2, 0) is 11.3 Å². The molecule has 158 valence electrons. The molecule has 0 aliphatic carbocycles. The van der Waals surface area contributed by atoms with Gasteiger partial charge < -0.3 is 9.47 Å². The number of hydrogen-bond donors (Lipinski definition) is 0. The summed E-state index contributed by atoms with van der Waals surface area (Å²) >= 11 is 0. The molecule has 0 spiro atoms. The van der Waals surface area contributed by atoms with Crippen molar-refractivity contribution in [1.82, 2.24) is 4.90 Å². The molecular weight excluding hydrogens is 374 g/mol. The molecule has 2 unspecified atom stereocenters. The van der Waals surface area contributed by atoms with E-state index in [2.05, 4.69) is 37.3 Å². The minimum absolute atomic E-state index is 0.122. The van der Waals surface area contributed by atoms with Crippen molar-refractivity contribution in [1.29, 1.82) is 0 Å². The van der Waals surface area contributed by atoms with E-state index >= 15 is 0 Å². The molecular formula is C26H31NO3. The Bertz CT molecular complexity index is 860. The van der Waals surface area contributed by atoms with Crippen molar-refractivity contribution >= 4 is 11.7 Å². The molecule has 4 nitrogen and oxygen atoms in total. The summed E-state index contributed by atoms with van der Waals surface area (Å²) in [6.45, 7) is 3.26. The van der Waals surface area contributed by atoms with Crippen LogP contribution in [0.3, 0.4) is 0 Å². The lowest BCUT2D eigenvalue weighted by Gasteiger charge is -2.44. The minimum Gasteiger partial charge on any atom is -0.494 e. The third-order valence-corrected chi connectivity index (χ3v) is 6.04. The van der Waals surface area contributed by atoms with Crippen molar-refractivity contribution in [2.75, 3.05) is 6.61 Å². The summed E-state index contributed by atoms with van der Waals surface area (Å²) in [5, 5.41) is 0. The predicted molar refractivity (Wildman–Crippen MR) is 119 cm³/mol. The summed E-state index contributed by atoms with van der Waals surface area (Å²) in [4.78, 5) is 14.8. The summed E-state index contributed by atoms with van der Waals surface area (Å²) in [6, 6.07) is 18.6.